The summed E-state index contributed by atoms with van der Waals surface area (Å²) < 4.78 is 9.86. The fraction of sp³-hybridized carbons (Fsp3) is 0.462. The molecule has 0 bridgehead atoms. The molecule has 0 saturated carbocycles. The number of hydrogen-bond donors (Lipinski definition) is 1. The van der Waals surface area contributed by atoms with Crippen LogP contribution < -0.4 is 10.1 Å². The first-order valence-electron chi connectivity index (χ1n) is 5.67. The van der Waals surface area contributed by atoms with Crippen molar-refractivity contribution >= 4 is 11.7 Å². The van der Waals surface area contributed by atoms with E-state index in [1.165, 1.54) is 7.11 Å². The van der Waals surface area contributed by atoms with E-state index in [-0.39, 0.29) is 11.9 Å². The summed E-state index contributed by atoms with van der Waals surface area (Å²) >= 11 is 0. The molecule has 1 rings (SSSR count). The van der Waals surface area contributed by atoms with E-state index in [0.29, 0.717) is 6.54 Å². The van der Waals surface area contributed by atoms with Crippen LogP contribution in [0.1, 0.15) is 13.3 Å². The summed E-state index contributed by atoms with van der Waals surface area (Å²) in [5.41, 5.74) is 0.937. The van der Waals surface area contributed by atoms with Gasteiger partial charge in [-0.2, -0.15) is 0 Å². The van der Waals surface area contributed by atoms with Gasteiger partial charge in [0.15, 0.2) is 0 Å². The van der Waals surface area contributed by atoms with Gasteiger partial charge in [0, 0.05) is 18.3 Å². The minimum absolute atomic E-state index is 0.119. The lowest BCUT2D eigenvalue weighted by molar-refractivity contribution is -0.145. The fourth-order valence-electron chi connectivity index (χ4n) is 1.54. The van der Waals surface area contributed by atoms with Crippen molar-refractivity contribution in [2.45, 2.75) is 13.3 Å². The number of methoxy groups -OCH3 is 2. The number of carbonyl (C=O) groups is 1. The van der Waals surface area contributed by atoms with Crippen molar-refractivity contribution in [1.82, 2.24) is 0 Å². The Bertz CT molecular complexity index is 365. The van der Waals surface area contributed by atoms with Crippen LogP contribution in [0.4, 0.5) is 5.69 Å². The standard InChI is InChI=1S/C13H19NO3/c1-4-10(13(15)17-3)9-14-11-6-5-7-12(8-11)16-2/h5-8,10,14H,4,9H2,1-3H3. The molecule has 0 heterocycles. The van der Waals surface area contributed by atoms with Gasteiger partial charge in [-0.25, -0.2) is 0 Å². The second-order valence-corrected chi connectivity index (χ2v) is 3.74. The number of ether oxygens (including phenoxy) is 2. The third-order valence-electron chi connectivity index (χ3n) is 2.65. The van der Waals surface area contributed by atoms with Gasteiger partial charge in [0.25, 0.3) is 0 Å². The minimum Gasteiger partial charge on any atom is -0.497 e. The molecule has 94 valence electrons. The molecule has 0 saturated heterocycles. The number of nitrogens with one attached hydrogen (secondary N) is 1. The molecule has 0 fully saturated rings. The van der Waals surface area contributed by atoms with Gasteiger partial charge < -0.3 is 14.8 Å². The van der Waals surface area contributed by atoms with E-state index in [1.54, 1.807) is 7.11 Å². The lowest BCUT2D eigenvalue weighted by Gasteiger charge is -2.14. The highest BCUT2D eigenvalue weighted by molar-refractivity contribution is 5.73. The van der Waals surface area contributed by atoms with Gasteiger partial charge in [-0.15, -0.1) is 0 Å². The van der Waals surface area contributed by atoms with Crippen molar-refractivity contribution in [3.8, 4) is 5.75 Å². The first-order valence-corrected chi connectivity index (χ1v) is 5.67. The smallest absolute Gasteiger partial charge is 0.310 e. The van der Waals surface area contributed by atoms with E-state index in [4.69, 9.17) is 9.47 Å². The van der Waals surface area contributed by atoms with Crippen molar-refractivity contribution in [2.75, 3.05) is 26.1 Å². The van der Waals surface area contributed by atoms with Gasteiger partial charge in [0.05, 0.1) is 20.1 Å². The number of carbonyl (C=O) groups excluding carboxylic acids is 1. The van der Waals surface area contributed by atoms with Crippen LogP contribution in [0.25, 0.3) is 0 Å². The molecule has 4 nitrogen and oxygen atoms in total. The van der Waals surface area contributed by atoms with E-state index >= 15 is 0 Å². The van der Waals surface area contributed by atoms with Crippen molar-refractivity contribution in [2.24, 2.45) is 5.92 Å². The lowest BCUT2D eigenvalue weighted by Crippen LogP contribution is -2.23. The zero-order valence-electron chi connectivity index (χ0n) is 10.5. The first-order chi connectivity index (χ1) is 8.21. The van der Waals surface area contributed by atoms with E-state index in [9.17, 15) is 4.79 Å². The average Bonchev–Trinajstić information content (AvgIpc) is 2.39. The Hall–Kier alpha value is -1.71. The van der Waals surface area contributed by atoms with E-state index in [1.807, 2.05) is 31.2 Å². The Morgan fingerprint density at radius 1 is 1.41 bits per heavy atom. The van der Waals surface area contributed by atoms with Crippen molar-refractivity contribution < 1.29 is 14.3 Å². The number of rotatable bonds is 6. The predicted molar refractivity (Wildman–Crippen MR) is 67.3 cm³/mol. The molecule has 1 unspecified atom stereocenters. The van der Waals surface area contributed by atoms with Gasteiger partial charge in [-0.3, -0.25) is 4.79 Å². The van der Waals surface area contributed by atoms with E-state index < -0.39 is 0 Å². The molecule has 0 aliphatic carbocycles. The predicted octanol–water partition coefficient (Wildman–Crippen LogP) is 2.31. The first kappa shape index (κ1) is 13.4. The van der Waals surface area contributed by atoms with Crippen LogP contribution in [0.15, 0.2) is 24.3 Å². The van der Waals surface area contributed by atoms with E-state index in [2.05, 4.69) is 5.32 Å². The third-order valence-corrected chi connectivity index (χ3v) is 2.65. The lowest BCUT2D eigenvalue weighted by atomic mass is 10.1. The number of hydrogen-bond acceptors (Lipinski definition) is 4. The van der Waals surface area contributed by atoms with Gasteiger partial charge >= 0.3 is 5.97 Å². The summed E-state index contributed by atoms with van der Waals surface area (Å²) in [5.74, 6) is 0.496. The number of esters is 1. The molecule has 0 aliphatic rings. The zero-order chi connectivity index (χ0) is 12.7. The van der Waals surface area contributed by atoms with Crippen LogP contribution in [0.3, 0.4) is 0 Å². The summed E-state index contributed by atoms with van der Waals surface area (Å²) in [7, 11) is 3.04. The minimum atomic E-state index is -0.178. The molecule has 0 spiro atoms. The number of anilines is 1. The van der Waals surface area contributed by atoms with Crippen molar-refractivity contribution in [3.63, 3.8) is 0 Å². The normalized spacial score (nSPS) is 11.7. The highest BCUT2D eigenvalue weighted by Crippen LogP contribution is 2.17. The fourth-order valence-corrected chi connectivity index (χ4v) is 1.54. The molecule has 1 N–H and O–H groups in total. The van der Waals surface area contributed by atoms with Crippen LogP contribution in [0, 0.1) is 5.92 Å². The monoisotopic (exact) mass is 237 g/mol. The molecule has 17 heavy (non-hydrogen) atoms. The molecule has 1 atom stereocenters. The molecule has 4 heteroatoms. The Morgan fingerprint density at radius 3 is 2.76 bits per heavy atom. The highest BCUT2D eigenvalue weighted by Gasteiger charge is 2.16. The highest BCUT2D eigenvalue weighted by atomic mass is 16.5. The second kappa shape index (κ2) is 6.78. The largest absolute Gasteiger partial charge is 0.497 e. The summed E-state index contributed by atoms with van der Waals surface area (Å²) in [4.78, 5) is 11.4. The van der Waals surface area contributed by atoms with Crippen LogP contribution in [0.5, 0.6) is 5.75 Å². The molecule has 1 aromatic carbocycles. The number of benzene rings is 1. The summed E-state index contributed by atoms with van der Waals surface area (Å²) in [6.45, 7) is 2.53. The Kier molecular flexibility index (Phi) is 5.33. The topological polar surface area (TPSA) is 47.6 Å². The maximum atomic E-state index is 11.4. The van der Waals surface area contributed by atoms with Gasteiger partial charge in [0.2, 0.25) is 0 Å². The third kappa shape index (κ3) is 3.98. The summed E-state index contributed by atoms with van der Waals surface area (Å²) in [6, 6.07) is 7.61. The van der Waals surface area contributed by atoms with Crippen LogP contribution in [0.2, 0.25) is 0 Å². The van der Waals surface area contributed by atoms with Gasteiger partial charge in [-0.1, -0.05) is 13.0 Å². The van der Waals surface area contributed by atoms with Crippen molar-refractivity contribution in [3.05, 3.63) is 24.3 Å². The molecule has 0 amide bonds. The van der Waals surface area contributed by atoms with Crippen LogP contribution in [-0.2, 0) is 9.53 Å². The van der Waals surface area contributed by atoms with Gasteiger partial charge in [0.1, 0.15) is 5.75 Å². The molecular weight excluding hydrogens is 218 g/mol. The molecule has 0 radical (unpaired) electrons. The SMILES string of the molecule is CCC(CNc1cccc(OC)c1)C(=O)OC. The Morgan fingerprint density at radius 2 is 2.18 bits per heavy atom. The second-order valence-electron chi connectivity index (χ2n) is 3.74. The summed E-state index contributed by atoms with van der Waals surface area (Å²) in [5, 5.41) is 3.20. The maximum Gasteiger partial charge on any atom is 0.310 e. The maximum absolute atomic E-state index is 11.4. The molecule has 1 aromatic rings. The quantitative estimate of drug-likeness (QED) is 0.771. The van der Waals surface area contributed by atoms with Gasteiger partial charge in [-0.05, 0) is 18.6 Å². The molecule has 0 aromatic heterocycles. The van der Waals surface area contributed by atoms with Crippen LogP contribution >= 0.6 is 0 Å². The Balaban J connectivity index is 2.56. The van der Waals surface area contributed by atoms with Crippen LogP contribution in [-0.4, -0.2) is 26.7 Å². The van der Waals surface area contributed by atoms with Crippen molar-refractivity contribution in [1.29, 1.82) is 0 Å². The summed E-state index contributed by atoms with van der Waals surface area (Å²) in [6.07, 6.45) is 0.754. The molecular formula is C13H19NO3. The zero-order valence-corrected chi connectivity index (χ0v) is 10.5. The Labute approximate surface area is 102 Å². The molecule has 0 aliphatic heterocycles. The van der Waals surface area contributed by atoms with E-state index in [0.717, 1.165) is 17.9 Å². The average molecular weight is 237 g/mol.